The molecule has 0 radical (unpaired) electrons. The van der Waals surface area contributed by atoms with Gasteiger partial charge in [0.2, 0.25) is 0 Å². The van der Waals surface area contributed by atoms with Gasteiger partial charge in [-0.25, -0.2) is 0 Å². The highest BCUT2D eigenvalue weighted by Gasteiger charge is 2.10. The van der Waals surface area contributed by atoms with E-state index in [1.54, 1.807) is 4.68 Å². The molecule has 2 N–H and O–H groups in total. The second kappa shape index (κ2) is 4.53. The Kier molecular flexibility index (Phi) is 3.58. The first-order valence-corrected chi connectivity index (χ1v) is 5.36. The van der Waals surface area contributed by atoms with Gasteiger partial charge in [-0.15, -0.1) is 0 Å². The van der Waals surface area contributed by atoms with Crippen LogP contribution in [0.5, 0.6) is 0 Å². The van der Waals surface area contributed by atoms with Crippen molar-refractivity contribution in [2.45, 2.75) is 20.8 Å². The van der Waals surface area contributed by atoms with E-state index in [4.69, 9.17) is 17.3 Å². The standard InChI is InChI=1S/C9H10ClN3.C2H6/c1-5-3-4-6(10)7-8(5)13(2)12-9(7)11;1-2/h3-4H,1-2H3,(H2,11,12);1-2H3. The Morgan fingerprint density at radius 2 is 1.93 bits per heavy atom. The summed E-state index contributed by atoms with van der Waals surface area (Å²) in [5, 5.41) is 5.63. The molecule has 0 unspecified atom stereocenters. The van der Waals surface area contributed by atoms with E-state index < -0.39 is 0 Å². The minimum Gasteiger partial charge on any atom is -0.382 e. The van der Waals surface area contributed by atoms with Gasteiger partial charge < -0.3 is 5.73 Å². The molecular formula is C11H16ClN3. The van der Waals surface area contributed by atoms with E-state index in [1.165, 1.54) is 0 Å². The molecule has 0 aliphatic carbocycles. The third-order valence-electron chi connectivity index (χ3n) is 2.17. The van der Waals surface area contributed by atoms with Gasteiger partial charge in [-0.1, -0.05) is 31.5 Å². The lowest BCUT2D eigenvalue weighted by Gasteiger charge is -1.99. The van der Waals surface area contributed by atoms with Crippen LogP contribution in [0.3, 0.4) is 0 Å². The van der Waals surface area contributed by atoms with Gasteiger partial charge in [-0.3, -0.25) is 4.68 Å². The topological polar surface area (TPSA) is 43.8 Å². The third kappa shape index (κ3) is 1.92. The summed E-state index contributed by atoms with van der Waals surface area (Å²) >= 11 is 6.01. The van der Waals surface area contributed by atoms with Gasteiger partial charge in [0.05, 0.1) is 15.9 Å². The van der Waals surface area contributed by atoms with Crippen LogP contribution in [0.25, 0.3) is 10.9 Å². The van der Waals surface area contributed by atoms with Crippen molar-refractivity contribution in [3.63, 3.8) is 0 Å². The third-order valence-corrected chi connectivity index (χ3v) is 2.48. The zero-order valence-corrected chi connectivity index (χ0v) is 10.3. The van der Waals surface area contributed by atoms with Crippen LogP contribution in [-0.2, 0) is 7.05 Å². The molecule has 3 nitrogen and oxygen atoms in total. The Bertz CT molecular complexity index is 432. The van der Waals surface area contributed by atoms with Crippen molar-refractivity contribution in [1.82, 2.24) is 9.78 Å². The smallest absolute Gasteiger partial charge is 0.154 e. The quantitative estimate of drug-likeness (QED) is 0.749. The number of benzene rings is 1. The summed E-state index contributed by atoms with van der Waals surface area (Å²) in [5.74, 6) is 0.492. The number of aryl methyl sites for hydroxylation is 2. The van der Waals surface area contributed by atoms with Crippen molar-refractivity contribution in [2.75, 3.05) is 5.73 Å². The molecule has 2 aromatic rings. The summed E-state index contributed by atoms with van der Waals surface area (Å²) in [7, 11) is 1.86. The maximum atomic E-state index is 6.01. The lowest BCUT2D eigenvalue weighted by molar-refractivity contribution is 0.800. The molecule has 1 aromatic heterocycles. The number of hydrogen-bond acceptors (Lipinski definition) is 2. The average Bonchev–Trinajstić information content (AvgIpc) is 2.52. The van der Waals surface area contributed by atoms with Gasteiger partial charge in [0.25, 0.3) is 0 Å². The fourth-order valence-electron chi connectivity index (χ4n) is 1.59. The average molecular weight is 226 g/mol. The fraction of sp³-hybridized carbons (Fsp3) is 0.364. The highest BCUT2D eigenvalue weighted by Crippen LogP contribution is 2.29. The number of halogens is 1. The fourth-order valence-corrected chi connectivity index (χ4v) is 1.84. The predicted molar refractivity (Wildman–Crippen MR) is 66.2 cm³/mol. The van der Waals surface area contributed by atoms with Crippen LogP contribution in [-0.4, -0.2) is 9.78 Å². The number of aromatic nitrogens is 2. The molecule has 2 rings (SSSR count). The van der Waals surface area contributed by atoms with Crippen LogP contribution < -0.4 is 5.73 Å². The Morgan fingerprint density at radius 1 is 1.33 bits per heavy atom. The van der Waals surface area contributed by atoms with Gasteiger partial charge >= 0.3 is 0 Å². The number of hydrogen-bond donors (Lipinski definition) is 1. The van der Waals surface area contributed by atoms with Crippen molar-refractivity contribution in [3.05, 3.63) is 22.7 Å². The summed E-state index contributed by atoms with van der Waals surface area (Å²) in [6, 6.07) is 3.81. The summed E-state index contributed by atoms with van der Waals surface area (Å²) < 4.78 is 1.76. The molecule has 0 aliphatic heterocycles. The summed E-state index contributed by atoms with van der Waals surface area (Å²) in [5.41, 5.74) is 7.87. The maximum Gasteiger partial charge on any atom is 0.154 e. The maximum absolute atomic E-state index is 6.01. The molecule has 0 bridgehead atoms. The normalized spacial score (nSPS) is 9.93. The zero-order chi connectivity index (χ0) is 11.6. The number of nitrogens with zero attached hydrogens (tertiary/aromatic N) is 2. The molecule has 0 atom stereocenters. The first-order chi connectivity index (χ1) is 7.11. The molecule has 0 fully saturated rings. The Labute approximate surface area is 94.8 Å². The number of fused-ring (bicyclic) bond motifs is 1. The highest BCUT2D eigenvalue weighted by atomic mass is 35.5. The molecule has 0 saturated carbocycles. The Hall–Kier alpha value is -1.22. The Balaban J connectivity index is 0.000000531. The lowest BCUT2D eigenvalue weighted by Crippen LogP contribution is -1.92. The first-order valence-electron chi connectivity index (χ1n) is 4.98. The van der Waals surface area contributed by atoms with Gasteiger partial charge in [0.1, 0.15) is 0 Å². The van der Waals surface area contributed by atoms with Crippen LogP contribution in [0.2, 0.25) is 5.02 Å². The van der Waals surface area contributed by atoms with E-state index in [0.717, 1.165) is 16.5 Å². The molecule has 1 heterocycles. The monoisotopic (exact) mass is 225 g/mol. The molecule has 0 aliphatic rings. The molecule has 0 amide bonds. The van der Waals surface area contributed by atoms with E-state index in [0.29, 0.717) is 10.8 Å². The van der Waals surface area contributed by atoms with Gasteiger partial charge in [-0.05, 0) is 18.6 Å². The summed E-state index contributed by atoms with van der Waals surface area (Å²) in [6.45, 7) is 6.01. The summed E-state index contributed by atoms with van der Waals surface area (Å²) in [6.07, 6.45) is 0. The molecule has 4 heteroatoms. The Morgan fingerprint density at radius 3 is 2.47 bits per heavy atom. The molecular weight excluding hydrogens is 210 g/mol. The van der Waals surface area contributed by atoms with E-state index in [1.807, 2.05) is 40.0 Å². The van der Waals surface area contributed by atoms with Gasteiger partial charge in [-0.2, -0.15) is 5.10 Å². The van der Waals surface area contributed by atoms with Crippen molar-refractivity contribution in [1.29, 1.82) is 0 Å². The van der Waals surface area contributed by atoms with E-state index in [2.05, 4.69) is 5.10 Å². The van der Waals surface area contributed by atoms with Crippen LogP contribution in [0, 0.1) is 6.92 Å². The van der Waals surface area contributed by atoms with Crippen LogP contribution in [0.15, 0.2) is 12.1 Å². The van der Waals surface area contributed by atoms with Crippen LogP contribution in [0.1, 0.15) is 19.4 Å². The minimum atomic E-state index is 0.492. The predicted octanol–water partition coefficient (Wildman–Crippen LogP) is 3.14. The van der Waals surface area contributed by atoms with Crippen LogP contribution >= 0.6 is 11.6 Å². The van der Waals surface area contributed by atoms with Crippen molar-refractivity contribution < 1.29 is 0 Å². The zero-order valence-electron chi connectivity index (χ0n) is 9.50. The summed E-state index contributed by atoms with van der Waals surface area (Å²) in [4.78, 5) is 0. The second-order valence-corrected chi connectivity index (χ2v) is 3.50. The first kappa shape index (κ1) is 11.9. The lowest BCUT2D eigenvalue weighted by atomic mass is 10.1. The second-order valence-electron chi connectivity index (χ2n) is 3.10. The SMILES string of the molecule is CC.Cc1ccc(Cl)c2c(N)nn(C)c12. The van der Waals surface area contributed by atoms with Crippen molar-refractivity contribution in [2.24, 2.45) is 7.05 Å². The number of nitrogens with two attached hydrogens (primary N) is 1. The highest BCUT2D eigenvalue weighted by molar-refractivity contribution is 6.36. The molecule has 15 heavy (non-hydrogen) atoms. The van der Waals surface area contributed by atoms with Crippen molar-refractivity contribution >= 4 is 28.3 Å². The van der Waals surface area contributed by atoms with E-state index in [9.17, 15) is 0 Å². The van der Waals surface area contributed by atoms with Crippen LogP contribution in [0.4, 0.5) is 5.82 Å². The molecule has 82 valence electrons. The van der Waals surface area contributed by atoms with E-state index >= 15 is 0 Å². The van der Waals surface area contributed by atoms with E-state index in [-0.39, 0.29) is 0 Å². The molecule has 1 aromatic carbocycles. The number of nitrogen functional groups attached to an aromatic ring is 1. The number of rotatable bonds is 0. The largest absolute Gasteiger partial charge is 0.382 e. The molecule has 0 spiro atoms. The van der Waals surface area contributed by atoms with Gasteiger partial charge in [0.15, 0.2) is 5.82 Å². The molecule has 0 saturated heterocycles. The number of anilines is 1. The minimum absolute atomic E-state index is 0.492. The van der Waals surface area contributed by atoms with Crippen molar-refractivity contribution in [3.8, 4) is 0 Å². The van der Waals surface area contributed by atoms with Gasteiger partial charge in [0, 0.05) is 7.05 Å².